The Balaban J connectivity index is 2.97. The minimum Gasteiger partial charge on any atom is -0.330 e. The van der Waals surface area contributed by atoms with Gasteiger partial charge in [-0.25, -0.2) is 4.39 Å². The first-order valence-corrected chi connectivity index (χ1v) is 4.74. The minimum absolute atomic E-state index is 0.0189. The zero-order valence-electron chi connectivity index (χ0n) is 7.28. The maximum Gasteiger partial charge on any atom is 0.160 e. The summed E-state index contributed by atoms with van der Waals surface area (Å²) in [7, 11) is 0. The van der Waals surface area contributed by atoms with Gasteiger partial charge in [0.25, 0.3) is 0 Å². The van der Waals surface area contributed by atoms with E-state index in [9.17, 15) is 4.39 Å². The fourth-order valence-corrected chi connectivity index (χ4v) is 1.35. The van der Waals surface area contributed by atoms with Crippen molar-refractivity contribution in [1.82, 2.24) is 0 Å². The molecule has 1 aromatic carbocycles. The zero-order chi connectivity index (χ0) is 10.6. The van der Waals surface area contributed by atoms with E-state index in [-0.39, 0.29) is 10.0 Å². The second kappa shape index (κ2) is 5.21. The van der Waals surface area contributed by atoms with Gasteiger partial charge in [-0.05, 0) is 12.1 Å². The monoisotopic (exact) mass is 231 g/mol. The fraction of sp³-hybridized carbons (Fsp3) is 0.200. The van der Waals surface area contributed by atoms with Crippen LogP contribution < -0.4 is 5.73 Å². The highest BCUT2D eigenvalue weighted by atomic mass is 35.5. The van der Waals surface area contributed by atoms with Crippen LogP contribution in [-0.4, -0.2) is 6.54 Å². The molecule has 1 rings (SSSR count). The van der Waals surface area contributed by atoms with E-state index in [0.29, 0.717) is 18.5 Å². The molecule has 1 nitrogen and oxygen atoms in total. The Hall–Kier alpha value is -0.750. The van der Waals surface area contributed by atoms with Crippen molar-refractivity contribution in [3.05, 3.63) is 33.6 Å². The zero-order valence-corrected chi connectivity index (χ0v) is 8.79. The number of hydrogen-bond acceptors (Lipinski definition) is 1. The number of halogens is 3. The van der Waals surface area contributed by atoms with Crippen molar-refractivity contribution in [3.63, 3.8) is 0 Å². The average Bonchev–Trinajstić information content (AvgIpc) is 2.14. The highest BCUT2D eigenvalue weighted by Crippen LogP contribution is 2.24. The number of rotatable bonds is 1. The molecule has 0 radical (unpaired) electrons. The molecule has 0 unspecified atom stereocenters. The van der Waals surface area contributed by atoms with E-state index in [4.69, 9.17) is 28.9 Å². The van der Waals surface area contributed by atoms with Crippen LogP contribution in [0.1, 0.15) is 12.0 Å². The van der Waals surface area contributed by atoms with E-state index >= 15 is 0 Å². The molecule has 0 spiro atoms. The third-order valence-electron chi connectivity index (χ3n) is 1.49. The van der Waals surface area contributed by atoms with Crippen molar-refractivity contribution in [1.29, 1.82) is 0 Å². The minimum atomic E-state index is -0.613. The molecule has 2 N–H and O–H groups in total. The summed E-state index contributed by atoms with van der Waals surface area (Å²) in [6, 6.07) is 2.87. The Morgan fingerprint density at radius 3 is 2.36 bits per heavy atom. The van der Waals surface area contributed by atoms with Crippen molar-refractivity contribution in [3.8, 4) is 11.8 Å². The second-order valence-corrected chi connectivity index (χ2v) is 3.41. The normalized spacial score (nSPS) is 9.43. The van der Waals surface area contributed by atoms with Gasteiger partial charge in [0.1, 0.15) is 0 Å². The van der Waals surface area contributed by atoms with Crippen molar-refractivity contribution >= 4 is 23.2 Å². The van der Waals surface area contributed by atoms with Gasteiger partial charge >= 0.3 is 0 Å². The highest BCUT2D eigenvalue weighted by Gasteiger charge is 2.05. The Morgan fingerprint density at radius 2 is 1.86 bits per heavy atom. The van der Waals surface area contributed by atoms with Crippen molar-refractivity contribution in [2.75, 3.05) is 6.54 Å². The van der Waals surface area contributed by atoms with Crippen molar-refractivity contribution < 1.29 is 4.39 Å². The summed E-state index contributed by atoms with van der Waals surface area (Å²) in [5.74, 6) is 4.99. The summed E-state index contributed by atoms with van der Waals surface area (Å²) in [6.07, 6.45) is 0.590. The van der Waals surface area contributed by atoms with E-state index in [1.807, 2.05) is 0 Å². The number of hydrogen-bond donors (Lipinski definition) is 1. The van der Waals surface area contributed by atoms with Gasteiger partial charge in [0.2, 0.25) is 0 Å². The highest BCUT2D eigenvalue weighted by molar-refractivity contribution is 6.35. The molecule has 1 aromatic rings. The summed E-state index contributed by atoms with van der Waals surface area (Å²) in [5, 5.41) is -0.0379. The predicted molar refractivity (Wildman–Crippen MR) is 57.0 cm³/mol. The molecule has 74 valence electrons. The molecule has 0 aromatic heterocycles. The van der Waals surface area contributed by atoms with E-state index in [1.54, 1.807) is 0 Å². The van der Waals surface area contributed by atoms with Crippen LogP contribution in [0.2, 0.25) is 10.0 Å². The summed E-state index contributed by atoms with van der Waals surface area (Å²) in [4.78, 5) is 0. The van der Waals surface area contributed by atoms with Crippen LogP contribution in [0.4, 0.5) is 4.39 Å². The maximum absolute atomic E-state index is 13.0. The third-order valence-corrected chi connectivity index (χ3v) is 2.04. The number of benzene rings is 1. The molecule has 4 heteroatoms. The van der Waals surface area contributed by atoms with Crippen molar-refractivity contribution in [2.24, 2.45) is 5.73 Å². The van der Waals surface area contributed by atoms with Gasteiger partial charge in [0.15, 0.2) is 5.82 Å². The lowest BCUT2D eigenvalue weighted by Crippen LogP contribution is -1.95. The van der Waals surface area contributed by atoms with Crippen LogP contribution in [0.15, 0.2) is 12.1 Å². The molecule has 0 fully saturated rings. The molecule has 0 amide bonds. The van der Waals surface area contributed by atoms with Crippen LogP contribution in [0.25, 0.3) is 0 Å². The summed E-state index contributed by atoms with van der Waals surface area (Å²) in [5.41, 5.74) is 5.85. The molecule has 0 saturated carbocycles. The molecule has 0 bridgehead atoms. The topological polar surface area (TPSA) is 26.0 Å². The molecule has 0 aliphatic carbocycles. The van der Waals surface area contributed by atoms with Gasteiger partial charge in [-0.1, -0.05) is 35.0 Å². The third kappa shape index (κ3) is 2.88. The van der Waals surface area contributed by atoms with Gasteiger partial charge in [0, 0.05) is 18.5 Å². The molecule has 0 saturated heterocycles. The Bertz CT molecular complexity index is 370. The lowest BCUT2D eigenvalue weighted by Gasteiger charge is -1.97. The Morgan fingerprint density at radius 1 is 1.29 bits per heavy atom. The molecule has 14 heavy (non-hydrogen) atoms. The first-order valence-electron chi connectivity index (χ1n) is 3.98. The van der Waals surface area contributed by atoms with Crippen LogP contribution in [0, 0.1) is 17.7 Å². The molecule has 0 aliphatic heterocycles. The van der Waals surface area contributed by atoms with Gasteiger partial charge < -0.3 is 5.73 Å². The standard InChI is InChI=1S/C10H8Cl2FN/c11-8-5-7(3-1-2-4-14)6-9(12)10(8)13/h5-6H,2,4,14H2. The molecule has 0 atom stereocenters. The fourth-order valence-electron chi connectivity index (χ4n) is 0.864. The maximum atomic E-state index is 13.0. The smallest absolute Gasteiger partial charge is 0.160 e. The Labute approximate surface area is 92.0 Å². The van der Waals surface area contributed by atoms with Gasteiger partial charge in [-0.15, -0.1) is 0 Å². The van der Waals surface area contributed by atoms with Crippen LogP contribution in [-0.2, 0) is 0 Å². The first-order chi connectivity index (χ1) is 6.65. The number of nitrogens with two attached hydrogens (primary N) is 1. The Kier molecular flexibility index (Phi) is 4.21. The van der Waals surface area contributed by atoms with E-state index in [2.05, 4.69) is 11.8 Å². The van der Waals surface area contributed by atoms with E-state index in [1.165, 1.54) is 12.1 Å². The average molecular weight is 232 g/mol. The van der Waals surface area contributed by atoms with Gasteiger partial charge in [-0.3, -0.25) is 0 Å². The second-order valence-electron chi connectivity index (χ2n) is 2.59. The summed E-state index contributed by atoms with van der Waals surface area (Å²) < 4.78 is 13.0. The summed E-state index contributed by atoms with van der Waals surface area (Å²) in [6.45, 7) is 0.496. The molecular formula is C10H8Cl2FN. The lowest BCUT2D eigenvalue weighted by molar-refractivity contribution is 0.628. The lowest BCUT2D eigenvalue weighted by atomic mass is 10.2. The SMILES string of the molecule is NCCC#Cc1cc(Cl)c(F)c(Cl)c1. The van der Waals surface area contributed by atoms with E-state index in [0.717, 1.165) is 0 Å². The quantitative estimate of drug-likeness (QED) is 0.584. The van der Waals surface area contributed by atoms with Crippen molar-refractivity contribution in [2.45, 2.75) is 6.42 Å². The molecule has 0 aliphatic rings. The molecule has 0 heterocycles. The first kappa shape index (κ1) is 11.3. The largest absolute Gasteiger partial charge is 0.330 e. The van der Waals surface area contributed by atoms with Gasteiger partial charge in [0.05, 0.1) is 10.0 Å². The molecular weight excluding hydrogens is 224 g/mol. The van der Waals surface area contributed by atoms with Gasteiger partial charge in [-0.2, -0.15) is 0 Å². The van der Waals surface area contributed by atoms with Crippen LogP contribution in [0.5, 0.6) is 0 Å². The summed E-state index contributed by atoms with van der Waals surface area (Å²) >= 11 is 11.2. The van der Waals surface area contributed by atoms with E-state index < -0.39 is 5.82 Å². The van der Waals surface area contributed by atoms with Crippen LogP contribution >= 0.6 is 23.2 Å². The van der Waals surface area contributed by atoms with Crippen LogP contribution in [0.3, 0.4) is 0 Å². The predicted octanol–water partition coefficient (Wildman–Crippen LogP) is 2.83.